The van der Waals surface area contributed by atoms with Crippen LogP contribution >= 0.6 is 0 Å². The maximum Gasteiger partial charge on any atom is 0.326 e. The monoisotopic (exact) mass is 398 g/mol. The number of carboxylic acids is 2. The third-order valence-corrected chi connectivity index (χ3v) is 3.64. The van der Waals surface area contributed by atoms with Crippen molar-refractivity contribution in [3.8, 4) is 0 Å². The Bertz CT molecular complexity index is 720. The van der Waals surface area contributed by atoms with Crippen LogP contribution in [0, 0.1) is 0 Å². The fourth-order valence-electron chi connectivity index (χ4n) is 2.18. The molecule has 0 aliphatic rings. The molecular formula is C15H22N6O7. The van der Waals surface area contributed by atoms with Gasteiger partial charge in [0, 0.05) is 24.7 Å². The van der Waals surface area contributed by atoms with Crippen LogP contribution < -0.4 is 22.1 Å². The van der Waals surface area contributed by atoms with Gasteiger partial charge in [0.25, 0.3) is 0 Å². The zero-order valence-electron chi connectivity index (χ0n) is 14.8. The number of nitrogens with two attached hydrogens (primary N) is 2. The number of H-pyrrole nitrogens is 1. The smallest absolute Gasteiger partial charge is 0.326 e. The Kier molecular flexibility index (Phi) is 8.55. The Hall–Kier alpha value is -3.48. The molecule has 3 unspecified atom stereocenters. The SMILES string of the molecule is NC(=O)CCC(N)C(=O)NC(CC(=O)O)C(=O)NC(Cc1cnc[nH]1)C(=O)O. The predicted molar refractivity (Wildman–Crippen MR) is 92.4 cm³/mol. The number of aromatic amines is 1. The van der Waals surface area contributed by atoms with Gasteiger partial charge < -0.3 is 37.3 Å². The molecule has 3 atom stereocenters. The quantitative estimate of drug-likeness (QED) is 0.191. The number of aromatic nitrogens is 2. The highest BCUT2D eigenvalue weighted by Crippen LogP contribution is 2.02. The largest absolute Gasteiger partial charge is 0.481 e. The molecular weight excluding hydrogens is 376 g/mol. The third-order valence-electron chi connectivity index (χ3n) is 3.64. The predicted octanol–water partition coefficient (Wildman–Crippen LogP) is -2.93. The summed E-state index contributed by atoms with van der Waals surface area (Å²) in [6.45, 7) is 0. The Balaban J connectivity index is 2.79. The summed E-state index contributed by atoms with van der Waals surface area (Å²) in [5.74, 6) is -5.31. The van der Waals surface area contributed by atoms with Gasteiger partial charge in [-0.25, -0.2) is 9.78 Å². The standard InChI is InChI=1S/C15H22N6O7/c16-8(1-2-11(17)22)13(25)20-9(4-12(23)24)14(26)21-10(15(27)28)3-7-5-18-6-19-7/h5-6,8-10H,1-4,16H2,(H2,17,22)(H,18,19)(H,20,25)(H,21,26)(H,23,24)(H,27,28). The molecule has 0 spiro atoms. The summed E-state index contributed by atoms with van der Waals surface area (Å²) in [5, 5.41) is 22.5. The van der Waals surface area contributed by atoms with Crippen molar-refractivity contribution in [1.29, 1.82) is 0 Å². The molecule has 13 nitrogen and oxygen atoms in total. The van der Waals surface area contributed by atoms with Crippen molar-refractivity contribution >= 4 is 29.7 Å². The number of nitrogens with zero attached hydrogens (tertiary/aromatic N) is 1. The molecule has 0 bridgehead atoms. The number of carbonyl (C=O) groups is 5. The highest BCUT2D eigenvalue weighted by Gasteiger charge is 2.30. The van der Waals surface area contributed by atoms with E-state index >= 15 is 0 Å². The van der Waals surface area contributed by atoms with E-state index < -0.39 is 54.2 Å². The molecule has 0 fully saturated rings. The molecule has 0 aliphatic heterocycles. The van der Waals surface area contributed by atoms with Gasteiger partial charge in [0.2, 0.25) is 17.7 Å². The zero-order chi connectivity index (χ0) is 21.3. The molecule has 3 amide bonds. The van der Waals surface area contributed by atoms with Crippen LogP contribution in [0.25, 0.3) is 0 Å². The van der Waals surface area contributed by atoms with Crippen LogP contribution in [-0.4, -0.2) is 68.0 Å². The van der Waals surface area contributed by atoms with E-state index in [1.807, 2.05) is 0 Å². The molecule has 1 aromatic heterocycles. The van der Waals surface area contributed by atoms with E-state index in [1.54, 1.807) is 0 Å². The van der Waals surface area contributed by atoms with Crippen molar-refractivity contribution in [3.05, 3.63) is 18.2 Å². The number of amides is 3. The summed E-state index contributed by atoms with van der Waals surface area (Å²) in [6, 6.07) is -4.14. The molecule has 0 radical (unpaired) electrons. The average Bonchev–Trinajstić information content (AvgIpc) is 3.10. The molecule has 1 aromatic rings. The van der Waals surface area contributed by atoms with Crippen LogP contribution in [0.5, 0.6) is 0 Å². The maximum atomic E-state index is 12.4. The zero-order valence-corrected chi connectivity index (χ0v) is 14.8. The van der Waals surface area contributed by atoms with Crippen LogP contribution in [0.2, 0.25) is 0 Å². The topological polar surface area (TPSA) is 231 Å². The van der Waals surface area contributed by atoms with Crippen molar-refractivity contribution in [2.45, 2.75) is 43.8 Å². The van der Waals surface area contributed by atoms with Crippen LogP contribution in [0.1, 0.15) is 25.0 Å². The normalized spacial score (nSPS) is 13.8. The molecule has 9 N–H and O–H groups in total. The summed E-state index contributed by atoms with van der Waals surface area (Å²) in [4.78, 5) is 63.9. The minimum Gasteiger partial charge on any atom is -0.481 e. The average molecular weight is 398 g/mol. The number of hydrogen-bond donors (Lipinski definition) is 7. The summed E-state index contributed by atoms with van der Waals surface area (Å²) < 4.78 is 0. The first kappa shape index (κ1) is 22.6. The van der Waals surface area contributed by atoms with E-state index in [-0.39, 0.29) is 19.3 Å². The Morgan fingerprint density at radius 2 is 1.75 bits per heavy atom. The molecule has 0 saturated heterocycles. The molecule has 0 aliphatic carbocycles. The second-order valence-electron chi connectivity index (χ2n) is 5.95. The van der Waals surface area contributed by atoms with Gasteiger partial charge in [-0.05, 0) is 6.42 Å². The maximum absolute atomic E-state index is 12.4. The van der Waals surface area contributed by atoms with Crippen LogP contribution in [0.3, 0.4) is 0 Å². The lowest BCUT2D eigenvalue weighted by atomic mass is 10.1. The van der Waals surface area contributed by atoms with E-state index in [1.165, 1.54) is 12.5 Å². The van der Waals surface area contributed by atoms with Crippen molar-refractivity contribution in [1.82, 2.24) is 20.6 Å². The van der Waals surface area contributed by atoms with Crippen LogP contribution in [0.15, 0.2) is 12.5 Å². The van der Waals surface area contributed by atoms with Gasteiger partial charge in [0.15, 0.2) is 0 Å². The number of primary amides is 1. The Labute approximate surface area is 158 Å². The number of hydrogen-bond acceptors (Lipinski definition) is 7. The van der Waals surface area contributed by atoms with Crippen molar-refractivity contribution in [2.75, 3.05) is 0 Å². The summed E-state index contributed by atoms with van der Waals surface area (Å²) in [7, 11) is 0. The molecule has 13 heteroatoms. The molecule has 154 valence electrons. The van der Waals surface area contributed by atoms with Gasteiger partial charge in [-0.3, -0.25) is 19.2 Å². The van der Waals surface area contributed by atoms with Crippen LogP contribution in [-0.2, 0) is 30.4 Å². The minimum absolute atomic E-state index is 0.0971. The lowest BCUT2D eigenvalue weighted by Crippen LogP contribution is -2.55. The van der Waals surface area contributed by atoms with Gasteiger partial charge in [-0.2, -0.15) is 0 Å². The number of aliphatic carboxylic acids is 2. The van der Waals surface area contributed by atoms with Crippen molar-refractivity contribution in [2.24, 2.45) is 11.5 Å². The second-order valence-corrected chi connectivity index (χ2v) is 5.95. The van der Waals surface area contributed by atoms with Gasteiger partial charge in [0.1, 0.15) is 12.1 Å². The number of carboxylic acid groups (broad SMARTS) is 2. The summed E-state index contributed by atoms with van der Waals surface area (Å²) in [5.41, 5.74) is 11.0. The van der Waals surface area contributed by atoms with Gasteiger partial charge >= 0.3 is 11.9 Å². The highest BCUT2D eigenvalue weighted by molar-refractivity contribution is 5.94. The molecule has 0 aromatic carbocycles. The van der Waals surface area contributed by atoms with E-state index in [2.05, 4.69) is 20.6 Å². The molecule has 28 heavy (non-hydrogen) atoms. The number of carbonyl (C=O) groups excluding carboxylic acids is 3. The molecule has 1 heterocycles. The van der Waals surface area contributed by atoms with E-state index in [9.17, 15) is 29.1 Å². The van der Waals surface area contributed by atoms with Crippen LogP contribution in [0.4, 0.5) is 0 Å². The van der Waals surface area contributed by atoms with Gasteiger partial charge in [-0.15, -0.1) is 0 Å². The minimum atomic E-state index is -1.56. The Morgan fingerprint density at radius 1 is 1.11 bits per heavy atom. The van der Waals surface area contributed by atoms with Crippen molar-refractivity contribution in [3.63, 3.8) is 0 Å². The van der Waals surface area contributed by atoms with E-state index in [4.69, 9.17) is 16.6 Å². The first-order valence-electron chi connectivity index (χ1n) is 8.16. The first-order chi connectivity index (χ1) is 13.1. The highest BCUT2D eigenvalue weighted by atomic mass is 16.4. The Morgan fingerprint density at radius 3 is 2.25 bits per heavy atom. The summed E-state index contributed by atoms with van der Waals surface area (Å²) >= 11 is 0. The molecule has 1 rings (SSSR count). The lowest BCUT2D eigenvalue weighted by molar-refractivity contribution is -0.143. The van der Waals surface area contributed by atoms with Gasteiger partial charge in [0.05, 0.1) is 18.8 Å². The fourth-order valence-corrected chi connectivity index (χ4v) is 2.18. The number of nitrogens with one attached hydrogen (secondary N) is 3. The number of rotatable bonds is 12. The fraction of sp³-hybridized carbons (Fsp3) is 0.467. The summed E-state index contributed by atoms with van der Waals surface area (Å²) in [6.07, 6.45) is 1.51. The van der Waals surface area contributed by atoms with E-state index in [0.717, 1.165) is 0 Å². The lowest BCUT2D eigenvalue weighted by Gasteiger charge is -2.21. The molecule has 0 saturated carbocycles. The number of imidazole rings is 1. The van der Waals surface area contributed by atoms with Crippen molar-refractivity contribution < 1.29 is 34.2 Å². The second kappa shape index (κ2) is 10.6. The first-order valence-corrected chi connectivity index (χ1v) is 8.16. The third kappa shape index (κ3) is 7.82. The van der Waals surface area contributed by atoms with E-state index in [0.29, 0.717) is 5.69 Å². The van der Waals surface area contributed by atoms with Gasteiger partial charge in [-0.1, -0.05) is 0 Å².